The van der Waals surface area contributed by atoms with Gasteiger partial charge in [0.1, 0.15) is 11.5 Å². The molecule has 1 aromatic heterocycles. The first-order chi connectivity index (χ1) is 6.25. The van der Waals surface area contributed by atoms with Gasteiger partial charge in [0.15, 0.2) is 0 Å². The Kier molecular flexibility index (Phi) is 3.72. The van der Waals surface area contributed by atoms with Gasteiger partial charge in [-0.15, -0.1) is 11.3 Å². The van der Waals surface area contributed by atoms with Crippen molar-refractivity contribution in [1.29, 1.82) is 0 Å². The van der Waals surface area contributed by atoms with Crippen molar-refractivity contribution in [3.63, 3.8) is 0 Å². The highest BCUT2D eigenvalue weighted by Gasteiger charge is 2.11. The molecule has 0 aliphatic heterocycles. The van der Waals surface area contributed by atoms with E-state index in [1.54, 1.807) is 18.6 Å². The number of anilines is 1. The molecule has 0 radical (unpaired) electrons. The standard InChI is InChI=1S/C8H11NO3S/c1-11-3-4-12-8(10)7-6(9)2-5-13-7/h2,5H,3-4,9H2,1H3. The molecule has 0 aliphatic carbocycles. The van der Waals surface area contributed by atoms with E-state index in [-0.39, 0.29) is 12.6 Å². The number of nitrogen functional groups attached to an aromatic ring is 1. The van der Waals surface area contributed by atoms with E-state index in [1.807, 2.05) is 0 Å². The Balaban J connectivity index is 2.45. The topological polar surface area (TPSA) is 61.5 Å². The van der Waals surface area contributed by atoms with E-state index in [1.165, 1.54) is 11.3 Å². The number of nitrogens with two attached hydrogens (primary N) is 1. The minimum Gasteiger partial charge on any atom is -0.459 e. The molecule has 1 aromatic rings. The molecule has 0 fully saturated rings. The number of carbonyl (C=O) groups is 1. The maximum atomic E-state index is 11.3. The van der Waals surface area contributed by atoms with Gasteiger partial charge in [0, 0.05) is 7.11 Å². The molecular formula is C8H11NO3S. The van der Waals surface area contributed by atoms with Gasteiger partial charge in [0.05, 0.1) is 12.3 Å². The molecule has 0 saturated heterocycles. The van der Waals surface area contributed by atoms with E-state index in [2.05, 4.69) is 0 Å². The van der Waals surface area contributed by atoms with Crippen molar-refractivity contribution in [2.75, 3.05) is 26.1 Å². The third kappa shape index (κ3) is 2.71. The fourth-order valence-electron chi connectivity index (χ4n) is 0.768. The van der Waals surface area contributed by atoms with Crippen molar-refractivity contribution in [3.8, 4) is 0 Å². The number of hydrogen-bond donors (Lipinski definition) is 1. The van der Waals surface area contributed by atoms with Crippen LogP contribution in [0.2, 0.25) is 0 Å². The average Bonchev–Trinajstić information content (AvgIpc) is 2.52. The van der Waals surface area contributed by atoms with Crippen molar-refractivity contribution >= 4 is 23.0 Å². The zero-order valence-corrected chi connectivity index (χ0v) is 8.10. The third-order valence-electron chi connectivity index (χ3n) is 1.40. The van der Waals surface area contributed by atoms with E-state index < -0.39 is 0 Å². The second-order valence-corrected chi connectivity index (χ2v) is 3.25. The van der Waals surface area contributed by atoms with Crippen LogP contribution in [-0.2, 0) is 9.47 Å². The van der Waals surface area contributed by atoms with E-state index >= 15 is 0 Å². The Morgan fingerprint density at radius 1 is 1.62 bits per heavy atom. The Bertz CT molecular complexity index is 285. The summed E-state index contributed by atoms with van der Waals surface area (Å²) in [7, 11) is 1.55. The van der Waals surface area contributed by atoms with E-state index in [9.17, 15) is 4.79 Å². The van der Waals surface area contributed by atoms with Crippen molar-refractivity contribution in [1.82, 2.24) is 0 Å². The van der Waals surface area contributed by atoms with Gasteiger partial charge in [0.25, 0.3) is 0 Å². The summed E-state index contributed by atoms with van der Waals surface area (Å²) in [5, 5.41) is 1.75. The van der Waals surface area contributed by atoms with Crippen molar-refractivity contribution in [2.24, 2.45) is 0 Å². The molecule has 0 bridgehead atoms. The number of thiophene rings is 1. The van der Waals surface area contributed by atoms with Crippen LogP contribution in [-0.4, -0.2) is 26.3 Å². The number of ether oxygens (including phenoxy) is 2. The third-order valence-corrected chi connectivity index (χ3v) is 2.31. The van der Waals surface area contributed by atoms with E-state index in [0.29, 0.717) is 17.2 Å². The largest absolute Gasteiger partial charge is 0.459 e. The molecule has 0 amide bonds. The van der Waals surface area contributed by atoms with Crippen LogP contribution in [0.15, 0.2) is 11.4 Å². The van der Waals surface area contributed by atoms with Gasteiger partial charge in [-0.25, -0.2) is 4.79 Å². The van der Waals surface area contributed by atoms with Gasteiger partial charge in [-0.1, -0.05) is 0 Å². The zero-order valence-electron chi connectivity index (χ0n) is 7.28. The van der Waals surface area contributed by atoms with Gasteiger partial charge in [-0.3, -0.25) is 0 Å². The molecule has 0 aliphatic rings. The number of methoxy groups -OCH3 is 1. The second kappa shape index (κ2) is 4.84. The number of rotatable bonds is 4. The van der Waals surface area contributed by atoms with Gasteiger partial charge >= 0.3 is 5.97 Å². The summed E-state index contributed by atoms with van der Waals surface area (Å²) >= 11 is 1.28. The maximum absolute atomic E-state index is 11.3. The minimum atomic E-state index is -0.385. The maximum Gasteiger partial charge on any atom is 0.350 e. The molecule has 5 heteroatoms. The first kappa shape index (κ1) is 10.0. The van der Waals surface area contributed by atoms with Gasteiger partial charge in [-0.05, 0) is 11.4 Å². The highest BCUT2D eigenvalue weighted by atomic mass is 32.1. The molecule has 1 heterocycles. The molecule has 13 heavy (non-hydrogen) atoms. The Morgan fingerprint density at radius 3 is 2.92 bits per heavy atom. The number of carbonyl (C=O) groups excluding carboxylic acids is 1. The van der Waals surface area contributed by atoms with Crippen LogP contribution >= 0.6 is 11.3 Å². The molecule has 1 rings (SSSR count). The van der Waals surface area contributed by atoms with Gasteiger partial charge < -0.3 is 15.2 Å². The van der Waals surface area contributed by atoms with Gasteiger partial charge in [-0.2, -0.15) is 0 Å². The van der Waals surface area contributed by atoms with Crippen LogP contribution < -0.4 is 5.73 Å². The monoisotopic (exact) mass is 201 g/mol. The summed E-state index contributed by atoms with van der Waals surface area (Å²) in [6.07, 6.45) is 0. The van der Waals surface area contributed by atoms with Crippen LogP contribution in [0, 0.1) is 0 Å². The van der Waals surface area contributed by atoms with Gasteiger partial charge in [0.2, 0.25) is 0 Å². The lowest BCUT2D eigenvalue weighted by molar-refractivity contribution is 0.0394. The van der Waals surface area contributed by atoms with Crippen LogP contribution in [0.4, 0.5) is 5.69 Å². The van der Waals surface area contributed by atoms with E-state index in [4.69, 9.17) is 15.2 Å². The second-order valence-electron chi connectivity index (χ2n) is 2.33. The summed E-state index contributed by atoms with van der Waals surface area (Å²) in [4.78, 5) is 11.7. The average molecular weight is 201 g/mol. The Morgan fingerprint density at radius 2 is 2.38 bits per heavy atom. The number of hydrogen-bond acceptors (Lipinski definition) is 5. The molecule has 0 spiro atoms. The summed E-state index contributed by atoms with van der Waals surface area (Å²) in [6, 6.07) is 1.68. The SMILES string of the molecule is COCCOC(=O)c1sccc1N. The molecule has 4 nitrogen and oxygen atoms in total. The van der Waals surface area contributed by atoms with Crippen LogP contribution in [0.3, 0.4) is 0 Å². The van der Waals surface area contributed by atoms with Crippen molar-refractivity contribution in [2.45, 2.75) is 0 Å². The lowest BCUT2D eigenvalue weighted by Gasteiger charge is -2.02. The van der Waals surface area contributed by atoms with E-state index in [0.717, 1.165) is 0 Å². The predicted octanol–water partition coefficient (Wildman–Crippen LogP) is 1.13. The quantitative estimate of drug-likeness (QED) is 0.586. The molecule has 0 unspecified atom stereocenters. The smallest absolute Gasteiger partial charge is 0.350 e. The zero-order chi connectivity index (χ0) is 9.68. The first-order valence-electron chi connectivity index (χ1n) is 3.74. The summed E-state index contributed by atoms with van der Waals surface area (Å²) in [5.74, 6) is -0.385. The lowest BCUT2D eigenvalue weighted by Crippen LogP contribution is -2.09. The lowest BCUT2D eigenvalue weighted by atomic mass is 10.4. The highest BCUT2D eigenvalue weighted by Crippen LogP contribution is 2.19. The van der Waals surface area contributed by atoms with Crippen molar-refractivity contribution in [3.05, 3.63) is 16.3 Å². The number of esters is 1. The Labute approximate surface area is 80.3 Å². The van der Waals surface area contributed by atoms with Crippen LogP contribution in [0.1, 0.15) is 9.67 Å². The molecule has 2 N–H and O–H groups in total. The summed E-state index contributed by atoms with van der Waals surface area (Å²) in [5.41, 5.74) is 5.99. The molecule has 0 atom stereocenters. The fraction of sp³-hybridized carbons (Fsp3) is 0.375. The molecule has 72 valence electrons. The molecule has 0 aromatic carbocycles. The molecular weight excluding hydrogens is 190 g/mol. The Hall–Kier alpha value is -1.07. The van der Waals surface area contributed by atoms with Crippen LogP contribution in [0.5, 0.6) is 0 Å². The predicted molar refractivity (Wildman–Crippen MR) is 50.9 cm³/mol. The molecule has 0 saturated carbocycles. The first-order valence-corrected chi connectivity index (χ1v) is 4.62. The highest BCUT2D eigenvalue weighted by molar-refractivity contribution is 7.12. The fourth-order valence-corrected chi connectivity index (χ4v) is 1.48. The normalized spacial score (nSPS) is 9.92. The summed E-state index contributed by atoms with van der Waals surface area (Å²) < 4.78 is 9.61. The minimum absolute atomic E-state index is 0.257. The summed E-state index contributed by atoms with van der Waals surface area (Å²) in [6.45, 7) is 0.656. The van der Waals surface area contributed by atoms with Crippen molar-refractivity contribution < 1.29 is 14.3 Å². The van der Waals surface area contributed by atoms with Crippen LogP contribution in [0.25, 0.3) is 0 Å².